The molecule has 0 spiro atoms. The van der Waals surface area contributed by atoms with E-state index in [1.807, 2.05) is 54.8 Å². The zero-order chi connectivity index (χ0) is 15.0. The van der Waals surface area contributed by atoms with Gasteiger partial charge in [-0.3, -0.25) is 4.79 Å². The number of nitrogens with zero attached hydrogens (tertiary/aromatic N) is 2. The largest absolute Gasteiger partial charge is 0.481 e. The minimum atomic E-state index is -0.855. The van der Waals surface area contributed by atoms with Gasteiger partial charge in [0.15, 0.2) is 0 Å². The first-order valence-electron chi connectivity index (χ1n) is 6.81. The molecular weight excluding hydrogens is 264 g/mol. The lowest BCUT2D eigenvalue weighted by Gasteiger charge is -2.07. The van der Waals surface area contributed by atoms with Crippen molar-refractivity contribution in [3.8, 4) is 11.3 Å². The summed E-state index contributed by atoms with van der Waals surface area (Å²) in [5.74, 6) is -0.855. The van der Waals surface area contributed by atoms with Crippen molar-refractivity contribution in [2.75, 3.05) is 0 Å². The molecule has 0 aliphatic rings. The van der Waals surface area contributed by atoms with E-state index < -0.39 is 5.97 Å². The predicted octanol–water partition coefficient (Wildman–Crippen LogP) is 3.25. The number of pyridine rings is 1. The van der Waals surface area contributed by atoms with Gasteiger partial charge in [-0.1, -0.05) is 29.8 Å². The Hall–Kier alpha value is -2.62. The maximum atomic E-state index is 11.2. The summed E-state index contributed by atoms with van der Waals surface area (Å²) in [7, 11) is 0. The topological polar surface area (TPSA) is 54.6 Å². The number of carbonyl (C=O) groups is 1. The van der Waals surface area contributed by atoms with E-state index in [1.54, 1.807) is 0 Å². The normalized spacial score (nSPS) is 11.0. The second kappa shape index (κ2) is 5.05. The van der Waals surface area contributed by atoms with E-state index in [9.17, 15) is 9.90 Å². The van der Waals surface area contributed by atoms with Crippen LogP contribution in [-0.2, 0) is 11.2 Å². The van der Waals surface area contributed by atoms with Crippen molar-refractivity contribution < 1.29 is 9.90 Å². The van der Waals surface area contributed by atoms with Crippen LogP contribution in [0.15, 0.2) is 42.6 Å². The molecule has 0 radical (unpaired) electrons. The van der Waals surface area contributed by atoms with Gasteiger partial charge in [0.05, 0.1) is 17.8 Å². The van der Waals surface area contributed by atoms with Crippen LogP contribution in [0.3, 0.4) is 0 Å². The Bertz CT molecular complexity index is 834. The smallest absolute Gasteiger partial charge is 0.309 e. The minimum Gasteiger partial charge on any atom is -0.481 e. The van der Waals surface area contributed by atoms with E-state index in [-0.39, 0.29) is 6.42 Å². The number of benzene rings is 1. The molecule has 1 aromatic carbocycles. The third-order valence-electron chi connectivity index (χ3n) is 3.58. The van der Waals surface area contributed by atoms with Crippen molar-refractivity contribution >= 4 is 11.6 Å². The van der Waals surface area contributed by atoms with Crippen molar-refractivity contribution in [1.82, 2.24) is 9.38 Å². The van der Waals surface area contributed by atoms with Crippen LogP contribution in [0.25, 0.3) is 16.9 Å². The average Bonchev–Trinajstić information content (AvgIpc) is 2.77. The van der Waals surface area contributed by atoms with Gasteiger partial charge in [-0.2, -0.15) is 0 Å². The van der Waals surface area contributed by atoms with Crippen molar-refractivity contribution in [2.24, 2.45) is 0 Å². The van der Waals surface area contributed by atoms with E-state index in [1.165, 1.54) is 5.56 Å². The maximum absolute atomic E-state index is 11.2. The third kappa shape index (κ3) is 2.40. The van der Waals surface area contributed by atoms with Crippen LogP contribution in [-0.4, -0.2) is 20.5 Å². The molecule has 0 saturated heterocycles. The molecule has 0 aliphatic heterocycles. The van der Waals surface area contributed by atoms with Crippen LogP contribution in [0.1, 0.15) is 16.8 Å². The van der Waals surface area contributed by atoms with Gasteiger partial charge in [0.2, 0.25) is 0 Å². The summed E-state index contributed by atoms with van der Waals surface area (Å²) in [6.45, 7) is 4.06. The van der Waals surface area contributed by atoms with Gasteiger partial charge in [-0.05, 0) is 31.5 Å². The van der Waals surface area contributed by atoms with Gasteiger partial charge in [0.1, 0.15) is 5.65 Å². The third-order valence-corrected chi connectivity index (χ3v) is 3.58. The van der Waals surface area contributed by atoms with Crippen LogP contribution in [0.4, 0.5) is 0 Å². The maximum Gasteiger partial charge on any atom is 0.309 e. The number of rotatable bonds is 3. The van der Waals surface area contributed by atoms with Crippen LogP contribution < -0.4 is 0 Å². The Balaban J connectivity index is 2.28. The number of carboxylic acid groups (broad SMARTS) is 1. The molecule has 2 aromatic heterocycles. The monoisotopic (exact) mass is 280 g/mol. The molecule has 0 amide bonds. The van der Waals surface area contributed by atoms with Crippen LogP contribution in [0.2, 0.25) is 0 Å². The molecule has 0 fully saturated rings. The highest BCUT2D eigenvalue weighted by atomic mass is 16.4. The molecule has 0 saturated carbocycles. The quantitative estimate of drug-likeness (QED) is 0.801. The minimum absolute atomic E-state index is 0.0478. The zero-order valence-corrected chi connectivity index (χ0v) is 12.0. The van der Waals surface area contributed by atoms with E-state index in [4.69, 9.17) is 0 Å². The first kappa shape index (κ1) is 13.4. The molecule has 106 valence electrons. The molecular formula is C17H16N2O2. The predicted molar refractivity (Wildman–Crippen MR) is 81.4 cm³/mol. The van der Waals surface area contributed by atoms with Gasteiger partial charge >= 0.3 is 5.97 Å². The summed E-state index contributed by atoms with van der Waals surface area (Å²) in [5, 5.41) is 9.19. The lowest BCUT2D eigenvalue weighted by Crippen LogP contribution is -2.05. The number of fused-ring (bicyclic) bond motifs is 1. The molecule has 0 unspecified atom stereocenters. The number of carboxylic acids is 1. The number of hydrogen-bond donors (Lipinski definition) is 1. The Labute approximate surface area is 122 Å². The van der Waals surface area contributed by atoms with Crippen molar-refractivity contribution in [1.29, 1.82) is 0 Å². The first-order chi connectivity index (χ1) is 10.1. The fourth-order valence-electron chi connectivity index (χ4n) is 2.65. The summed E-state index contributed by atoms with van der Waals surface area (Å²) in [6.07, 6.45) is 1.81. The molecule has 21 heavy (non-hydrogen) atoms. The standard InChI is InChI=1S/C17H16N2O2/c1-11-6-7-13(12(2)9-11)17-14(10-16(20)21)19-8-4-3-5-15(19)18-17/h3-9H,10H2,1-2H3,(H,20,21). The number of imidazole rings is 1. The van der Waals surface area contributed by atoms with Gasteiger partial charge in [-0.15, -0.1) is 0 Å². The van der Waals surface area contributed by atoms with Crippen molar-refractivity contribution in [3.05, 3.63) is 59.4 Å². The SMILES string of the molecule is Cc1ccc(-c2nc3ccccn3c2CC(=O)O)c(C)c1. The summed E-state index contributed by atoms with van der Waals surface area (Å²) in [6, 6.07) is 11.8. The van der Waals surface area contributed by atoms with Crippen LogP contribution in [0, 0.1) is 13.8 Å². The number of hydrogen-bond acceptors (Lipinski definition) is 2. The Morgan fingerprint density at radius 1 is 1.24 bits per heavy atom. The second-order valence-corrected chi connectivity index (χ2v) is 5.22. The summed E-state index contributed by atoms with van der Waals surface area (Å²) in [5.41, 5.74) is 5.50. The van der Waals surface area contributed by atoms with E-state index in [0.717, 1.165) is 22.5 Å². The Morgan fingerprint density at radius 3 is 2.76 bits per heavy atom. The van der Waals surface area contributed by atoms with Gasteiger partial charge in [-0.25, -0.2) is 4.98 Å². The molecule has 0 bridgehead atoms. The zero-order valence-electron chi connectivity index (χ0n) is 12.0. The van der Waals surface area contributed by atoms with Crippen LogP contribution in [0.5, 0.6) is 0 Å². The highest BCUT2D eigenvalue weighted by Crippen LogP contribution is 2.28. The molecule has 3 aromatic rings. The highest BCUT2D eigenvalue weighted by Gasteiger charge is 2.17. The van der Waals surface area contributed by atoms with E-state index >= 15 is 0 Å². The highest BCUT2D eigenvalue weighted by molar-refractivity contribution is 5.77. The second-order valence-electron chi connectivity index (χ2n) is 5.22. The molecule has 3 rings (SSSR count). The molecule has 1 N–H and O–H groups in total. The lowest BCUT2D eigenvalue weighted by molar-refractivity contribution is -0.136. The van der Waals surface area contributed by atoms with E-state index in [2.05, 4.69) is 11.1 Å². The number of aromatic nitrogens is 2. The van der Waals surface area contributed by atoms with Gasteiger partial charge < -0.3 is 9.51 Å². The molecule has 0 aliphatic carbocycles. The Morgan fingerprint density at radius 2 is 2.05 bits per heavy atom. The first-order valence-corrected chi connectivity index (χ1v) is 6.81. The molecule has 2 heterocycles. The summed E-state index contributed by atoms with van der Waals surface area (Å²) < 4.78 is 1.85. The Kier molecular flexibility index (Phi) is 3.22. The van der Waals surface area contributed by atoms with Crippen LogP contribution >= 0.6 is 0 Å². The fraction of sp³-hybridized carbons (Fsp3) is 0.176. The van der Waals surface area contributed by atoms with Gasteiger partial charge in [0, 0.05) is 11.8 Å². The van der Waals surface area contributed by atoms with Crippen molar-refractivity contribution in [2.45, 2.75) is 20.3 Å². The van der Waals surface area contributed by atoms with E-state index in [0.29, 0.717) is 5.69 Å². The molecule has 4 heteroatoms. The van der Waals surface area contributed by atoms with Gasteiger partial charge in [0.25, 0.3) is 0 Å². The van der Waals surface area contributed by atoms with Crippen molar-refractivity contribution in [3.63, 3.8) is 0 Å². The molecule has 4 nitrogen and oxygen atoms in total. The average molecular weight is 280 g/mol. The number of aryl methyl sites for hydroxylation is 2. The lowest BCUT2D eigenvalue weighted by atomic mass is 10.0. The molecule has 0 atom stereocenters. The fourth-order valence-corrected chi connectivity index (χ4v) is 2.65. The number of aliphatic carboxylic acids is 1. The summed E-state index contributed by atoms with van der Waals surface area (Å²) in [4.78, 5) is 15.8. The summed E-state index contributed by atoms with van der Waals surface area (Å²) >= 11 is 0.